The SMILES string of the molecule is C=c1c(C#N)c(C#N)c(=C(Br)Br)c(C#N)c1C#N. The monoisotopic (exact) mass is 360 g/mol. The van der Waals surface area contributed by atoms with Crippen LogP contribution in [-0.2, 0) is 0 Å². The van der Waals surface area contributed by atoms with Gasteiger partial charge in [0.15, 0.2) is 0 Å². The molecule has 0 atom stereocenters. The lowest BCUT2D eigenvalue weighted by Crippen LogP contribution is -2.26. The van der Waals surface area contributed by atoms with Crippen molar-refractivity contribution in [3.63, 3.8) is 0 Å². The largest absolute Gasteiger partial charge is 0.192 e. The molecule has 0 heterocycles. The fourth-order valence-corrected chi connectivity index (χ4v) is 2.25. The smallest absolute Gasteiger partial charge is 0.101 e. The molecule has 0 N–H and O–H groups in total. The van der Waals surface area contributed by atoms with E-state index >= 15 is 0 Å². The molecule has 0 unspecified atom stereocenters. The minimum atomic E-state index is -0.000509. The summed E-state index contributed by atoms with van der Waals surface area (Å²) in [7, 11) is 0. The summed E-state index contributed by atoms with van der Waals surface area (Å²) >= 11 is 6.22. The summed E-state index contributed by atoms with van der Waals surface area (Å²) in [6.07, 6.45) is 0. The Bertz CT molecular complexity index is 748. The number of hydrogen-bond acceptors (Lipinski definition) is 4. The van der Waals surface area contributed by atoms with Crippen LogP contribution >= 0.6 is 31.9 Å². The Morgan fingerprint density at radius 1 is 0.778 bits per heavy atom. The number of benzene rings is 1. The Kier molecular flexibility index (Phi) is 4.24. The molecule has 4 nitrogen and oxygen atoms in total. The van der Waals surface area contributed by atoms with Crippen LogP contribution in [0.3, 0.4) is 0 Å². The van der Waals surface area contributed by atoms with Crippen molar-refractivity contribution in [2.24, 2.45) is 0 Å². The van der Waals surface area contributed by atoms with Gasteiger partial charge in [0.1, 0.15) is 24.3 Å². The third-order valence-electron chi connectivity index (χ3n) is 2.24. The first-order valence-corrected chi connectivity index (χ1v) is 5.96. The van der Waals surface area contributed by atoms with Gasteiger partial charge in [0.2, 0.25) is 0 Å². The van der Waals surface area contributed by atoms with Crippen LogP contribution in [0.2, 0.25) is 0 Å². The number of rotatable bonds is 0. The molecule has 0 saturated heterocycles. The van der Waals surface area contributed by atoms with E-state index in [1.165, 1.54) is 0 Å². The molecule has 0 radical (unpaired) electrons. The molecule has 1 rings (SSSR count). The predicted octanol–water partition coefficient (Wildman–Crippen LogP) is 1.44. The highest BCUT2D eigenvalue weighted by molar-refractivity contribution is 9.33. The zero-order chi connectivity index (χ0) is 13.9. The molecular weight excluding hydrogens is 360 g/mol. The van der Waals surface area contributed by atoms with Crippen molar-refractivity contribution in [3.8, 4) is 24.3 Å². The minimum absolute atomic E-state index is 0.000509. The van der Waals surface area contributed by atoms with Crippen LogP contribution in [0.15, 0.2) is 0 Å². The van der Waals surface area contributed by atoms with E-state index in [4.69, 9.17) is 21.0 Å². The highest BCUT2D eigenvalue weighted by atomic mass is 79.9. The van der Waals surface area contributed by atoms with Crippen molar-refractivity contribution < 1.29 is 0 Å². The summed E-state index contributed by atoms with van der Waals surface area (Å²) in [4.78, 5) is 0. The number of nitrogens with zero attached hydrogens (tertiary/aromatic N) is 4. The van der Waals surface area contributed by atoms with Gasteiger partial charge < -0.3 is 0 Å². The van der Waals surface area contributed by atoms with E-state index in [1.807, 2.05) is 24.3 Å². The molecule has 0 aliphatic carbocycles. The molecule has 0 aliphatic heterocycles. The lowest BCUT2D eigenvalue weighted by Gasteiger charge is -2.03. The van der Waals surface area contributed by atoms with Crippen molar-refractivity contribution in [1.82, 2.24) is 0 Å². The van der Waals surface area contributed by atoms with Crippen LogP contribution in [0.25, 0.3) is 9.97 Å². The first kappa shape index (κ1) is 13.9. The topological polar surface area (TPSA) is 95.2 Å². The third kappa shape index (κ3) is 2.01. The summed E-state index contributed by atoms with van der Waals surface area (Å²) in [5, 5.41) is 36.6. The lowest BCUT2D eigenvalue weighted by atomic mass is 9.95. The second-order valence-corrected chi connectivity index (χ2v) is 5.71. The van der Waals surface area contributed by atoms with Crippen molar-refractivity contribution >= 4 is 41.8 Å². The third-order valence-corrected chi connectivity index (χ3v) is 3.03. The quantitative estimate of drug-likeness (QED) is 0.698. The lowest BCUT2D eigenvalue weighted by molar-refractivity contribution is 1.32. The van der Waals surface area contributed by atoms with Crippen molar-refractivity contribution in [2.75, 3.05) is 0 Å². The Morgan fingerprint density at radius 2 is 1.11 bits per heavy atom. The highest BCUT2D eigenvalue weighted by Crippen LogP contribution is 2.16. The van der Waals surface area contributed by atoms with Gasteiger partial charge in [-0.1, -0.05) is 6.58 Å². The van der Waals surface area contributed by atoms with E-state index in [1.54, 1.807) is 0 Å². The Hall–Kier alpha value is -2.12. The van der Waals surface area contributed by atoms with Crippen LogP contribution in [0.5, 0.6) is 0 Å². The zero-order valence-electron chi connectivity index (χ0n) is 8.75. The highest BCUT2D eigenvalue weighted by Gasteiger charge is 2.17. The molecule has 0 saturated carbocycles. The molecule has 0 aromatic heterocycles. The van der Waals surface area contributed by atoms with Gasteiger partial charge in [-0.05, 0) is 31.9 Å². The molecule has 0 aliphatic rings. The second-order valence-electron chi connectivity index (χ2n) is 3.06. The van der Waals surface area contributed by atoms with Crippen molar-refractivity contribution in [2.45, 2.75) is 0 Å². The fraction of sp³-hybridized carbons (Fsp3) is 0. The van der Waals surface area contributed by atoms with Gasteiger partial charge in [-0.25, -0.2) is 0 Å². The first-order chi connectivity index (χ1) is 8.53. The maximum absolute atomic E-state index is 9.11. The van der Waals surface area contributed by atoms with E-state index in [9.17, 15) is 0 Å². The average Bonchev–Trinajstić information content (AvgIpc) is 2.36. The van der Waals surface area contributed by atoms with Gasteiger partial charge in [0, 0.05) is 10.4 Å². The molecule has 18 heavy (non-hydrogen) atoms. The van der Waals surface area contributed by atoms with Crippen LogP contribution < -0.4 is 10.4 Å². The molecule has 1 aromatic rings. The second kappa shape index (κ2) is 5.48. The molecule has 6 heteroatoms. The van der Waals surface area contributed by atoms with Crippen LogP contribution in [0.4, 0.5) is 0 Å². The summed E-state index contributed by atoms with van der Waals surface area (Å²) in [6.45, 7) is 3.59. The first-order valence-electron chi connectivity index (χ1n) is 4.38. The maximum atomic E-state index is 9.11. The summed E-state index contributed by atoms with van der Waals surface area (Å²) in [6, 6.07) is 7.39. The fourth-order valence-electron chi connectivity index (χ4n) is 1.46. The number of halogens is 2. The van der Waals surface area contributed by atoms with E-state index in [0.717, 1.165) is 0 Å². The normalized spacial score (nSPS) is 8.56. The number of hydrogen-bond donors (Lipinski definition) is 0. The van der Waals surface area contributed by atoms with Gasteiger partial charge in [-0.2, -0.15) is 21.0 Å². The Balaban J connectivity index is 4.38. The molecule has 0 bridgehead atoms. The molecule has 0 spiro atoms. The molecular formula is C12H2Br2N4. The molecule has 84 valence electrons. The molecule has 0 amide bonds. The van der Waals surface area contributed by atoms with Gasteiger partial charge in [-0.3, -0.25) is 0 Å². The molecule has 1 aromatic carbocycles. The van der Waals surface area contributed by atoms with Gasteiger partial charge in [-0.15, -0.1) is 0 Å². The van der Waals surface area contributed by atoms with Gasteiger partial charge >= 0.3 is 0 Å². The van der Waals surface area contributed by atoms with Crippen LogP contribution in [0, 0.1) is 45.3 Å². The zero-order valence-corrected chi connectivity index (χ0v) is 11.9. The van der Waals surface area contributed by atoms with Crippen molar-refractivity contribution in [1.29, 1.82) is 21.0 Å². The summed E-state index contributed by atoms with van der Waals surface area (Å²) < 4.78 is 0.330. The summed E-state index contributed by atoms with van der Waals surface area (Å²) in [5.74, 6) is 0. The van der Waals surface area contributed by atoms with Gasteiger partial charge in [0.25, 0.3) is 0 Å². The maximum Gasteiger partial charge on any atom is 0.101 e. The van der Waals surface area contributed by atoms with Gasteiger partial charge in [0.05, 0.1) is 25.6 Å². The van der Waals surface area contributed by atoms with E-state index < -0.39 is 0 Å². The Morgan fingerprint density at radius 3 is 1.33 bits per heavy atom. The minimum Gasteiger partial charge on any atom is -0.192 e. The average molecular weight is 362 g/mol. The molecule has 0 fully saturated rings. The van der Waals surface area contributed by atoms with E-state index in [0.29, 0.717) is 3.39 Å². The standard InChI is InChI=1S/C12H2Br2N4/c1-6-7(2-15)9(4-17)11(12(13)14)10(5-18)8(6)3-16/h1H2. The number of nitriles is 4. The Labute approximate surface area is 120 Å². The van der Waals surface area contributed by atoms with Crippen LogP contribution in [-0.4, -0.2) is 0 Å². The summed E-state index contributed by atoms with van der Waals surface area (Å²) in [5.41, 5.74) is 0.0301. The predicted molar refractivity (Wildman–Crippen MR) is 71.3 cm³/mol. The van der Waals surface area contributed by atoms with E-state index in [2.05, 4.69) is 38.4 Å². The van der Waals surface area contributed by atoms with Crippen molar-refractivity contribution in [3.05, 3.63) is 32.7 Å². The van der Waals surface area contributed by atoms with Crippen LogP contribution in [0.1, 0.15) is 22.3 Å². The van der Waals surface area contributed by atoms with E-state index in [-0.39, 0.29) is 32.7 Å².